The van der Waals surface area contributed by atoms with Crippen molar-refractivity contribution in [2.24, 2.45) is 5.41 Å². The van der Waals surface area contributed by atoms with Crippen molar-refractivity contribution < 1.29 is 0 Å². The summed E-state index contributed by atoms with van der Waals surface area (Å²) >= 11 is 6.62. The van der Waals surface area contributed by atoms with Crippen LogP contribution >= 0.6 is 24.4 Å². The lowest BCUT2D eigenvalue weighted by Gasteiger charge is -2.30. The molecule has 0 amide bonds. The van der Waals surface area contributed by atoms with Crippen LogP contribution in [0.15, 0.2) is 5.16 Å². The van der Waals surface area contributed by atoms with E-state index in [9.17, 15) is 0 Å². The molecule has 118 valence electrons. The van der Waals surface area contributed by atoms with Crippen molar-refractivity contribution in [3.63, 3.8) is 0 Å². The van der Waals surface area contributed by atoms with Gasteiger partial charge in [-0.1, -0.05) is 43.9 Å². The van der Waals surface area contributed by atoms with Crippen molar-refractivity contribution in [1.82, 2.24) is 14.8 Å². The molecule has 1 fully saturated rings. The zero-order chi connectivity index (χ0) is 14.5. The van der Waals surface area contributed by atoms with Gasteiger partial charge in [0.05, 0.1) is 0 Å². The Bertz CT molecular complexity index is 450. The van der Waals surface area contributed by atoms with Crippen LogP contribution in [0.5, 0.6) is 0 Å². The smallest absolute Gasteiger partial charge is 0.191 e. The molecule has 21 heavy (non-hydrogen) atoms. The predicted molar refractivity (Wildman–Crippen MR) is 92.3 cm³/mol. The van der Waals surface area contributed by atoms with Crippen molar-refractivity contribution in [3.8, 4) is 0 Å². The van der Waals surface area contributed by atoms with Gasteiger partial charge in [0, 0.05) is 18.7 Å². The first-order chi connectivity index (χ1) is 10.3. The minimum absolute atomic E-state index is 0.418. The number of hydrogen-bond acceptors (Lipinski definition) is 4. The molecule has 1 aromatic heterocycles. The number of aryl methyl sites for hydroxylation is 1. The van der Waals surface area contributed by atoms with E-state index in [-0.39, 0.29) is 0 Å². The summed E-state index contributed by atoms with van der Waals surface area (Å²) in [6.45, 7) is 1.11. The molecule has 0 N–H and O–H groups in total. The molecule has 3 rings (SSSR count). The van der Waals surface area contributed by atoms with E-state index >= 15 is 0 Å². The molecular weight excluding hydrogens is 298 g/mol. The fourth-order valence-electron chi connectivity index (χ4n) is 3.61. The maximum Gasteiger partial charge on any atom is 0.191 e. The van der Waals surface area contributed by atoms with Gasteiger partial charge in [0.25, 0.3) is 0 Å². The second kappa shape index (κ2) is 7.40. The topological polar surface area (TPSA) is 30.7 Å². The lowest BCUT2D eigenvalue weighted by atomic mass is 9.84. The predicted octanol–water partition coefficient (Wildman–Crippen LogP) is 4.37. The van der Waals surface area contributed by atoms with Gasteiger partial charge in [0.2, 0.25) is 0 Å². The zero-order valence-corrected chi connectivity index (χ0v) is 14.6. The van der Waals surface area contributed by atoms with Crippen LogP contribution in [0.25, 0.3) is 0 Å². The number of thiol groups is 1. The molecule has 3 nitrogen and oxygen atoms in total. The first-order valence-electron chi connectivity index (χ1n) is 8.49. The molecule has 1 aliphatic heterocycles. The summed E-state index contributed by atoms with van der Waals surface area (Å²) in [5.74, 6) is 3.38. The number of fused-ring (bicyclic) bond motifs is 1. The third-order valence-electron chi connectivity index (χ3n) is 5.08. The first-order valence-corrected chi connectivity index (χ1v) is 10.1. The van der Waals surface area contributed by atoms with Gasteiger partial charge in [-0.25, -0.2) is 0 Å². The van der Waals surface area contributed by atoms with E-state index in [0.29, 0.717) is 5.41 Å². The fraction of sp³-hybridized carbons (Fsp3) is 0.875. The van der Waals surface area contributed by atoms with Crippen molar-refractivity contribution in [3.05, 3.63) is 5.82 Å². The molecule has 2 aliphatic rings. The van der Waals surface area contributed by atoms with Crippen LogP contribution in [-0.4, -0.2) is 26.3 Å². The Kier molecular flexibility index (Phi) is 5.54. The molecule has 0 spiro atoms. The number of nitrogens with zero attached hydrogens (tertiary/aromatic N) is 3. The average Bonchev–Trinajstić information content (AvgIpc) is 2.72. The van der Waals surface area contributed by atoms with E-state index < -0.39 is 0 Å². The highest BCUT2D eigenvalue weighted by Crippen LogP contribution is 2.40. The summed E-state index contributed by atoms with van der Waals surface area (Å²) in [5, 5.41) is 10.0. The van der Waals surface area contributed by atoms with E-state index in [0.717, 1.165) is 29.6 Å². The zero-order valence-electron chi connectivity index (χ0n) is 12.9. The van der Waals surface area contributed by atoms with Gasteiger partial charge in [-0.15, -0.1) is 10.2 Å². The summed E-state index contributed by atoms with van der Waals surface area (Å²) in [6, 6.07) is 0. The molecule has 0 atom stereocenters. The van der Waals surface area contributed by atoms with Gasteiger partial charge in [-0.05, 0) is 36.9 Å². The van der Waals surface area contributed by atoms with Gasteiger partial charge < -0.3 is 4.57 Å². The molecule has 5 heteroatoms. The Labute approximate surface area is 138 Å². The summed E-state index contributed by atoms with van der Waals surface area (Å²) in [6.07, 6.45) is 13.2. The highest BCUT2D eigenvalue weighted by molar-refractivity contribution is 7.99. The largest absolute Gasteiger partial charge is 0.306 e. The second-order valence-electron chi connectivity index (χ2n) is 6.72. The van der Waals surface area contributed by atoms with Crippen LogP contribution in [0, 0.1) is 5.41 Å². The quantitative estimate of drug-likeness (QED) is 0.507. The normalized spacial score (nSPS) is 22.3. The summed E-state index contributed by atoms with van der Waals surface area (Å²) < 4.78 is 2.38. The molecule has 0 aromatic carbocycles. The Balaban J connectivity index is 1.67. The van der Waals surface area contributed by atoms with Crippen molar-refractivity contribution in [2.45, 2.75) is 75.9 Å². The van der Waals surface area contributed by atoms with Crippen molar-refractivity contribution >= 4 is 24.4 Å². The SMILES string of the molecule is SCC1(CSc2nnc3n2CCCCC3)CCCCCC1. The molecule has 2 heterocycles. The fourth-order valence-corrected chi connectivity index (χ4v) is 5.47. The summed E-state index contributed by atoms with van der Waals surface area (Å²) in [7, 11) is 0. The van der Waals surface area contributed by atoms with Crippen LogP contribution in [0.2, 0.25) is 0 Å². The summed E-state index contributed by atoms with van der Waals surface area (Å²) in [5.41, 5.74) is 0.418. The monoisotopic (exact) mass is 325 g/mol. The third kappa shape index (κ3) is 3.79. The minimum atomic E-state index is 0.418. The van der Waals surface area contributed by atoms with Crippen molar-refractivity contribution in [2.75, 3.05) is 11.5 Å². The lowest BCUT2D eigenvalue weighted by Crippen LogP contribution is -2.25. The summed E-state index contributed by atoms with van der Waals surface area (Å²) in [4.78, 5) is 0. The molecule has 1 saturated carbocycles. The maximum absolute atomic E-state index is 4.69. The molecule has 0 saturated heterocycles. The minimum Gasteiger partial charge on any atom is -0.306 e. The number of rotatable bonds is 4. The number of thioether (sulfide) groups is 1. The standard InChI is InChI=1S/C16H27N3S2/c20-12-16(9-5-1-2-6-10-16)13-21-15-18-17-14-8-4-3-7-11-19(14)15/h20H,1-13H2. The van der Waals surface area contributed by atoms with E-state index in [1.54, 1.807) is 0 Å². The van der Waals surface area contributed by atoms with Gasteiger partial charge in [0.1, 0.15) is 5.82 Å². The van der Waals surface area contributed by atoms with E-state index in [4.69, 9.17) is 0 Å². The van der Waals surface area contributed by atoms with Crippen LogP contribution in [0.1, 0.15) is 63.6 Å². The van der Waals surface area contributed by atoms with Crippen LogP contribution in [0.3, 0.4) is 0 Å². The Morgan fingerprint density at radius 1 is 1.00 bits per heavy atom. The van der Waals surface area contributed by atoms with E-state index in [1.165, 1.54) is 63.6 Å². The maximum atomic E-state index is 4.69. The van der Waals surface area contributed by atoms with Crippen LogP contribution in [0.4, 0.5) is 0 Å². The first kappa shape index (κ1) is 15.7. The molecule has 0 bridgehead atoms. The molecule has 1 aliphatic carbocycles. The van der Waals surface area contributed by atoms with Crippen molar-refractivity contribution in [1.29, 1.82) is 0 Å². The van der Waals surface area contributed by atoms with Crippen LogP contribution < -0.4 is 0 Å². The molecule has 0 unspecified atom stereocenters. The number of hydrogen-bond donors (Lipinski definition) is 1. The van der Waals surface area contributed by atoms with E-state index in [2.05, 4.69) is 27.4 Å². The average molecular weight is 326 g/mol. The Morgan fingerprint density at radius 2 is 1.76 bits per heavy atom. The van der Waals surface area contributed by atoms with Gasteiger partial charge in [-0.3, -0.25) is 0 Å². The molecule has 1 aromatic rings. The van der Waals surface area contributed by atoms with Crippen LogP contribution in [-0.2, 0) is 13.0 Å². The second-order valence-corrected chi connectivity index (χ2v) is 7.98. The molecule has 0 radical (unpaired) electrons. The van der Waals surface area contributed by atoms with Gasteiger partial charge >= 0.3 is 0 Å². The Hall–Kier alpha value is -0.160. The highest BCUT2D eigenvalue weighted by atomic mass is 32.2. The van der Waals surface area contributed by atoms with Gasteiger partial charge in [0.15, 0.2) is 5.16 Å². The Morgan fingerprint density at radius 3 is 2.52 bits per heavy atom. The van der Waals surface area contributed by atoms with Gasteiger partial charge in [-0.2, -0.15) is 12.6 Å². The van der Waals surface area contributed by atoms with E-state index in [1.807, 2.05) is 11.8 Å². The number of aromatic nitrogens is 3. The lowest BCUT2D eigenvalue weighted by molar-refractivity contribution is 0.332. The molecular formula is C16H27N3S2. The third-order valence-corrected chi connectivity index (χ3v) is 7.07. The highest BCUT2D eigenvalue weighted by Gasteiger charge is 2.30.